The first-order valence-electron chi connectivity index (χ1n) is 21.1. The number of hydrogen-bond acceptors (Lipinski definition) is 20. The molecule has 25 nitrogen and oxygen atoms in total. The van der Waals surface area contributed by atoms with Crippen molar-refractivity contribution in [3.05, 3.63) is 33.8 Å². The number of nitrogens with one attached hydrogen (secondary N) is 3. The third-order valence-electron chi connectivity index (χ3n) is 8.76. The first-order chi connectivity index (χ1) is 31.2. The molecule has 0 aromatic carbocycles. The van der Waals surface area contributed by atoms with Gasteiger partial charge in [-0.3, -0.25) is 24.4 Å². The first-order valence-corrected chi connectivity index (χ1v) is 23.4. The molecule has 0 aliphatic carbocycles. The summed E-state index contributed by atoms with van der Waals surface area (Å²) < 4.78 is 51.8. The number of imide groups is 1. The molecule has 4 heterocycles. The molecule has 27 heteroatoms. The number of nitrogens with zero attached hydrogens (tertiary/aromatic N) is 7. The minimum absolute atomic E-state index is 0.0247. The summed E-state index contributed by atoms with van der Waals surface area (Å²) in [5, 5.41) is 33.7. The quantitative estimate of drug-likeness (QED) is 0.0336. The number of esters is 1. The molecule has 1 aliphatic heterocycles. The Bertz CT molecular complexity index is 2490. The molecule has 370 valence electrons. The standard InChI is InChI=1S/C40H58N10O15S2/c1-11-13-15-61-27-17-24(41-18-28(27)62-16-14-12-2)30-45-50(37(58)48(30)19-23(52)21-51)67(59,60)47-35(56)49-20-25(32(49)54)42-31(53)29(46-65-40(9,10)33(55)63-38(3,4)5)26-22-66-34(43-26)44-36(57)64-39(6,7)8/h17-18,22-23,25,51-52H,11-16,19-21H2,1-10H3,(H,42,53)(H,47,56)(H,43,44,57)/b46-29-/t23?,25-/m0/s1. The number of aliphatic hydroxyl groups excluding tert-OH is 2. The third kappa shape index (κ3) is 14.6. The Morgan fingerprint density at radius 1 is 0.970 bits per heavy atom. The number of likely N-dealkylation sites (tertiary alicyclic amines) is 1. The van der Waals surface area contributed by atoms with E-state index in [9.17, 15) is 47.4 Å². The van der Waals surface area contributed by atoms with E-state index in [1.165, 1.54) is 31.5 Å². The van der Waals surface area contributed by atoms with Crippen LogP contribution >= 0.6 is 11.3 Å². The molecular weight excluding hydrogens is 925 g/mol. The van der Waals surface area contributed by atoms with E-state index in [0.717, 1.165) is 35.2 Å². The summed E-state index contributed by atoms with van der Waals surface area (Å²) in [4.78, 5) is 93.5. The van der Waals surface area contributed by atoms with Crippen molar-refractivity contribution in [2.24, 2.45) is 5.16 Å². The predicted molar refractivity (Wildman–Crippen MR) is 240 cm³/mol. The van der Waals surface area contributed by atoms with Crippen molar-refractivity contribution < 1.29 is 66.4 Å². The molecule has 3 aromatic heterocycles. The maximum absolute atomic E-state index is 13.7. The zero-order valence-corrected chi connectivity index (χ0v) is 40.5. The Morgan fingerprint density at radius 2 is 1.60 bits per heavy atom. The van der Waals surface area contributed by atoms with Gasteiger partial charge in [-0.15, -0.1) is 16.4 Å². The largest absolute Gasteiger partial charge is 0.490 e. The van der Waals surface area contributed by atoms with Gasteiger partial charge in [-0.05, 0) is 68.2 Å². The van der Waals surface area contributed by atoms with E-state index in [-0.39, 0.29) is 38.7 Å². The predicted octanol–water partition coefficient (Wildman–Crippen LogP) is 2.29. The van der Waals surface area contributed by atoms with Gasteiger partial charge in [0.2, 0.25) is 5.60 Å². The van der Waals surface area contributed by atoms with Crippen molar-refractivity contribution >= 4 is 62.3 Å². The lowest BCUT2D eigenvalue weighted by Crippen LogP contribution is -2.68. The molecule has 1 saturated heterocycles. The normalized spacial score (nSPS) is 15.0. The van der Waals surface area contributed by atoms with E-state index >= 15 is 0 Å². The summed E-state index contributed by atoms with van der Waals surface area (Å²) in [6, 6.07) is -1.60. The summed E-state index contributed by atoms with van der Waals surface area (Å²) in [6.07, 6.45) is 1.96. The van der Waals surface area contributed by atoms with Gasteiger partial charge in [-0.1, -0.05) is 35.9 Å². The van der Waals surface area contributed by atoms with Crippen LogP contribution in [0.15, 0.2) is 27.6 Å². The highest BCUT2D eigenvalue weighted by Crippen LogP contribution is 2.31. The number of rotatable bonds is 21. The minimum Gasteiger partial charge on any atom is -0.490 e. The van der Waals surface area contributed by atoms with Gasteiger partial charge in [-0.2, -0.15) is 8.42 Å². The zero-order valence-electron chi connectivity index (χ0n) is 38.9. The Balaban J connectivity index is 1.57. The Kier molecular flexibility index (Phi) is 17.6. The number of pyridine rings is 1. The summed E-state index contributed by atoms with van der Waals surface area (Å²) in [7, 11) is -5.24. The van der Waals surface area contributed by atoms with Crippen LogP contribution in [-0.2, 0) is 45.4 Å². The summed E-state index contributed by atoms with van der Waals surface area (Å²) in [5.74, 6) is -2.94. The number of oxime groups is 1. The van der Waals surface area contributed by atoms with Crippen molar-refractivity contribution in [3.63, 3.8) is 0 Å². The molecule has 0 radical (unpaired) electrons. The highest BCUT2D eigenvalue weighted by molar-refractivity contribution is 7.88. The lowest BCUT2D eigenvalue weighted by molar-refractivity contribution is -0.179. The molecule has 2 atom stereocenters. The second kappa shape index (κ2) is 22.1. The number of carbonyl (C=O) groups is 5. The number of carbonyl (C=O) groups excluding carboxylic acids is 5. The van der Waals surface area contributed by atoms with Gasteiger partial charge in [0.05, 0.1) is 45.2 Å². The number of hydrogen-bond donors (Lipinski definition) is 5. The molecular formula is C40H58N10O15S2. The lowest BCUT2D eigenvalue weighted by atomic mass is 10.1. The number of ether oxygens (including phenoxy) is 4. The van der Waals surface area contributed by atoms with Gasteiger partial charge < -0.3 is 39.3 Å². The average molecular weight is 983 g/mol. The summed E-state index contributed by atoms with van der Waals surface area (Å²) in [6.45, 7) is 15.0. The van der Waals surface area contributed by atoms with Crippen LogP contribution in [0, 0.1) is 0 Å². The van der Waals surface area contributed by atoms with E-state index in [1.54, 1.807) is 46.3 Å². The molecule has 1 fully saturated rings. The van der Waals surface area contributed by atoms with Crippen LogP contribution in [0.2, 0.25) is 0 Å². The number of thiazole rings is 1. The highest BCUT2D eigenvalue weighted by atomic mass is 32.2. The fraction of sp³-hybridized carbons (Fsp3) is 0.600. The van der Waals surface area contributed by atoms with E-state index in [4.69, 9.17) is 23.8 Å². The van der Waals surface area contributed by atoms with Gasteiger partial charge >= 0.3 is 34.0 Å². The summed E-state index contributed by atoms with van der Waals surface area (Å²) in [5.41, 5.74) is -5.74. The number of amides is 5. The molecule has 0 spiro atoms. The fourth-order valence-corrected chi connectivity index (χ4v) is 6.95. The number of anilines is 1. The average Bonchev–Trinajstić information content (AvgIpc) is 3.81. The smallest absolute Gasteiger partial charge is 0.413 e. The van der Waals surface area contributed by atoms with Crippen LogP contribution in [0.1, 0.15) is 101 Å². The number of β-lactam (4-membered cyclic amide) rings is 1. The van der Waals surface area contributed by atoms with Crippen LogP contribution < -0.4 is 30.5 Å². The number of urea groups is 1. The van der Waals surface area contributed by atoms with Gasteiger partial charge in [-0.25, -0.2) is 33.9 Å². The second-order valence-electron chi connectivity index (χ2n) is 17.4. The SMILES string of the molecule is CCCCOc1cnc(-c2nn(S(=O)(=O)NC(=O)N3C[C@H](NC(=O)/C(=N\OC(C)(C)C(=O)OC(C)(C)C)c4csc(NC(=O)OC(C)(C)C)n4)C3=O)c(=O)n2CC(O)CO)cc1OCCCC. The topological polar surface area (TPSA) is 323 Å². The monoisotopic (exact) mass is 982 g/mol. The number of aromatic nitrogens is 5. The second-order valence-corrected chi connectivity index (χ2v) is 19.8. The van der Waals surface area contributed by atoms with Crippen molar-refractivity contribution in [2.45, 2.75) is 130 Å². The molecule has 0 saturated carbocycles. The molecule has 0 bridgehead atoms. The molecule has 5 N–H and O–H groups in total. The van der Waals surface area contributed by atoms with Crippen LogP contribution in [-0.4, -0.2) is 138 Å². The minimum atomic E-state index is -5.24. The van der Waals surface area contributed by atoms with Crippen LogP contribution in [0.25, 0.3) is 11.5 Å². The molecule has 1 aliphatic rings. The Labute approximate surface area is 390 Å². The van der Waals surface area contributed by atoms with Crippen molar-refractivity contribution in [3.8, 4) is 23.0 Å². The third-order valence-corrected chi connectivity index (χ3v) is 10.6. The van der Waals surface area contributed by atoms with Gasteiger partial charge in [0.15, 0.2) is 28.2 Å². The van der Waals surface area contributed by atoms with Gasteiger partial charge in [0.25, 0.3) is 11.8 Å². The van der Waals surface area contributed by atoms with Crippen LogP contribution in [0.3, 0.4) is 0 Å². The first kappa shape index (κ1) is 53.4. The highest BCUT2D eigenvalue weighted by Gasteiger charge is 2.44. The van der Waals surface area contributed by atoms with E-state index in [0.29, 0.717) is 17.9 Å². The van der Waals surface area contributed by atoms with Crippen LogP contribution in [0.5, 0.6) is 11.5 Å². The zero-order chi connectivity index (χ0) is 50.1. The van der Waals surface area contributed by atoms with Crippen molar-refractivity contribution in [1.82, 2.24) is 38.7 Å². The maximum atomic E-state index is 13.7. The Hall–Kier alpha value is -6.19. The van der Waals surface area contributed by atoms with E-state index < -0.39 is 106 Å². The maximum Gasteiger partial charge on any atom is 0.413 e. The molecule has 3 aromatic rings. The van der Waals surface area contributed by atoms with E-state index in [1.807, 2.05) is 13.8 Å². The summed E-state index contributed by atoms with van der Waals surface area (Å²) >= 11 is 0.873. The van der Waals surface area contributed by atoms with Crippen molar-refractivity contribution in [1.29, 1.82) is 0 Å². The van der Waals surface area contributed by atoms with Gasteiger partial charge in [0, 0.05) is 11.4 Å². The Morgan fingerprint density at radius 3 is 2.18 bits per heavy atom. The number of unbranched alkanes of at least 4 members (excludes halogenated alkanes) is 2. The molecule has 1 unspecified atom stereocenters. The lowest BCUT2D eigenvalue weighted by Gasteiger charge is -2.36. The molecule has 5 amide bonds. The molecule has 4 rings (SSSR count). The van der Waals surface area contributed by atoms with E-state index in [2.05, 4.69) is 30.9 Å². The fourth-order valence-electron chi connectivity index (χ4n) is 5.36. The van der Waals surface area contributed by atoms with Crippen molar-refractivity contribution in [2.75, 3.05) is 31.7 Å². The number of aliphatic hydroxyl groups is 2. The van der Waals surface area contributed by atoms with Gasteiger partial charge in [0.1, 0.15) is 28.6 Å². The molecule has 67 heavy (non-hydrogen) atoms. The van der Waals surface area contributed by atoms with Crippen LogP contribution in [0.4, 0.5) is 14.7 Å².